The van der Waals surface area contributed by atoms with Gasteiger partial charge in [0, 0.05) is 34.7 Å². The molecular weight excluding hydrogens is 290 g/mol. The summed E-state index contributed by atoms with van der Waals surface area (Å²) in [5.74, 6) is 0. The van der Waals surface area contributed by atoms with E-state index in [1.165, 1.54) is 12.1 Å². The van der Waals surface area contributed by atoms with Crippen LogP contribution in [0.4, 0.5) is 11.4 Å². The van der Waals surface area contributed by atoms with Gasteiger partial charge >= 0.3 is 0 Å². The fourth-order valence-corrected chi connectivity index (χ4v) is 2.45. The maximum absolute atomic E-state index is 11.0. The molecule has 0 saturated heterocycles. The molecule has 5 nitrogen and oxygen atoms in total. The largest absolute Gasteiger partial charge is 0.375 e. The Morgan fingerprint density at radius 1 is 1.24 bits per heavy atom. The Labute approximate surface area is 125 Å². The van der Waals surface area contributed by atoms with Crippen LogP contribution in [0.25, 0.3) is 10.9 Å². The summed E-state index contributed by atoms with van der Waals surface area (Å²) in [4.78, 5) is 13.8. The van der Waals surface area contributed by atoms with Crippen LogP contribution in [0.5, 0.6) is 0 Å². The van der Waals surface area contributed by atoms with Gasteiger partial charge in [0.05, 0.1) is 4.92 Å². The minimum atomic E-state index is -0.423. The van der Waals surface area contributed by atoms with Crippen molar-refractivity contribution < 1.29 is 4.92 Å². The maximum atomic E-state index is 11.0. The molecule has 2 N–H and O–H groups in total. The molecule has 3 aromatic rings. The van der Waals surface area contributed by atoms with Crippen LogP contribution in [0.3, 0.4) is 0 Å². The first-order valence-electron chi connectivity index (χ1n) is 6.38. The molecular formula is C15H12ClN3O2. The number of nitro benzene ring substituents is 1. The van der Waals surface area contributed by atoms with E-state index in [1.807, 2.05) is 30.5 Å². The third-order valence-corrected chi connectivity index (χ3v) is 3.53. The van der Waals surface area contributed by atoms with E-state index in [4.69, 9.17) is 11.6 Å². The number of aromatic amines is 1. The summed E-state index contributed by atoms with van der Waals surface area (Å²) in [6.45, 7) is 0.477. The quantitative estimate of drug-likeness (QED) is 0.556. The SMILES string of the molecule is O=[N+]([O-])c1ccc(Cl)cc1NCc1c[nH]c2ccccc12. The molecule has 0 amide bonds. The van der Waals surface area contributed by atoms with Crippen LogP contribution in [0.15, 0.2) is 48.7 Å². The van der Waals surface area contributed by atoms with Crippen LogP contribution in [0.2, 0.25) is 5.02 Å². The van der Waals surface area contributed by atoms with E-state index < -0.39 is 4.92 Å². The van der Waals surface area contributed by atoms with Gasteiger partial charge in [-0.1, -0.05) is 29.8 Å². The van der Waals surface area contributed by atoms with E-state index in [0.29, 0.717) is 17.3 Å². The van der Waals surface area contributed by atoms with Gasteiger partial charge < -0.3 is 10.3 Å². The lowest BCUT2D eigenvalue weighted by Crippen LogP contribution is -2.02. The summed E-state index contributed by atoms with van der Waals surface area (Å²) in [6.07, 6.45) is 1.90. The highest BCUT2D eigenvalue weighted by Gasteiger charge is 2.14. The van der Waals surface area contributed by atoms with Gasteiger partial charge in [-0.15, -0.1) is 0 Å². The summed E-state index contributed by atoms with van der Waals surface area (Å²) in [5, 5.41) is 15.7. The van der Waals surface area contributed by atoms with Crippen LogP contribution in [-0.4, -0.2) is 9.91 Å². The molecule has 0 atom stereocenters. The Balaban J connectivity index is 1.88. The highest BCUT2D eigenvalue weighted by atomic mass is 35.5. The summed E-state index contributed by atoms with van der Waals surface area (Å²) < 4.78 is 0. The van der Waals surface area contributed by atoms with Crippen LogP contribution in [0.1, 0.15) is 5.56 Å². The van der Waals surface area contributed by atoms with Crippen molar-refractivity contribution in [2.24, 2.45) is 0 Å². The number of rotatable bonds is 4. The molecule has 1 heterocycles. The van der Waals surface area contributed by atoms with Crippen molar-refractivity contribution in [1.29, 1.82) is 0 Å². The molecule has 0 saturated carbocycles. The maximum Gasteiger partial charge on any atom is 0.292 e. The third kappa shape index (κ3) is 2.68. The first-order valence-corrected chi connectivity index (χ1v) is 6.76. The molecule has 21 heavy (non-hydrogen) atoms. The van der Waals surface area contributed by atoms with Crippen LogP contribution in [0, 0.1) is 10.1 Å². The predicted octanol–water partition coefficient (Wildman–Crippen LogP) is 4.34. The average Bonchev–Trinajstić information content (AvgIpc) is 2.88. The van der Waals surface area contributed by atoms with Crippen LogP contribution in [-0.2, 0) is 6.54 Å². The van der Waals surface area contributed by atoms with Gasteiger partial charge in [-0.05, 0) is 23.8 Å². The smallest absolute Gasteiger partial charge is 0.292 e. The average molecular weight is 302 g/mol. The molecule has 2 aromatic carbocycles. The van der Waals surface area contributed by atoms with Gasteiger partial charge in [0.2, 0.25) is 0 Å². The molecule has 0 aliphatic carbocycles. The molecule has 0 spiro atoms. The Morgan fingerprint density at radius 3 is 2.86 bits per heavy atom. The number of nitro groups is 1. The molecule has 0 bridgehead atoms. The zero-order valence-electron chi connectivity index (χ0n) is 11.0. The summed E-state index contributed by atoms with van der Waals surface area (Å²) >= 11 is 5.91. The van der Waals surface area contributed by atoms with Crippen molar-refractivity contribution in [3.8, 4) is 0 Å². The number of fused-ring (bicyclic) bond motifs is 1. The van der Waals surface area contributed by atoms with Crippen LogP contribution < -0.4 is 5.32 Å². The Bertz CT molecular complexity index is 814. The number of hydrogen-bond donors (Lipinski definition) is 2. The normalized spacial score (nSPS) is 10.7. The number of para-hydroxylation sites is 1. The second-order valence-corrected chi connectivity index (χ2v) is 5.07. The van der Waals surface area contributed by atoms with Crippen LogP contribution >= 0.6 is 11.6 Å². The predicted molar refractivity (Wildman–Crippen MR) is 83.7 cm³/mol. The first-order chi connectivity index (χ1) is 10.1. The number of nitrogens with one attached hydrogen (secondary N) is 2. The van der Waals surface area contributed by atoms with Gasteiger partial charge in [-0.25, -0.2) is 0 Å². The van der Waals surface area contributed by atoms with Crippen molar-refractivity contribution >= 4 is 33.9 Å². The summed E-state index contributed by atoms with van der Waals surface area (Å²) in [5.41, 5.74) is 2.51. The number of benzene rings is 2. The summed E-state index contributed by atoms with van der Waals surface area (Å²) in [6, 6.07) is 12.4. The zero-order chi connectivity index (χ0) is 14.8. The molecule has 1 aromatic heterocycles. The minimum absolute atomic E-state index is 0.0132. The van der Waals surface area contributed by atoms with Gasteiger partial charge in [0.1, 0.15) is 5.69 Å². The molecule has 0 aliphatic rings. The standard InChI is InChI=1S/C15H12ClN3O2/c16-11-5-6-15(19(20)21)14(7-11)18-9-10-8-17-13-4-2-1-3-12(10)13/h1-8,17-18H,9H2. The zero-order valence-corrected chi connectivity index (χ0v) is 11.7. The Kier molecular flexibility index (Phi) is 3.50. The van der Waals surface area contributed by atoms with Crippen molar-refractivity contribution in [1.82, 2.24) is 4.98 Å². The Hall–Kier alpha value is -2.53. The molecule has 0 fully saturated rings. The summed E-state index contributed by atoms with van der Waals surface area (Å²) in [7, 11) is 0. The molecule has 0 unspecified atom stereocenters. The molecule has 106 valence electrons. The molecule has 0 aliphatic heterocycles. The monoisotopic (exact) mass is 301 g/mol. The number of halogens is 1. The fourth-order valence-electron chi connectivity index (χ4n) is 2.28. The van der Waals surface area contributed by atoms with Gasteiger partial charge in [0.25, 0.3) is 5.69 Å². The van der Waals surface area contributed by atoms with E-state index in [-0.39, 0.29) is 5.69 Å². The number of anilines is 1. The van der Waals surface area contributed by atoms with Crippen molar-refractivity contribution in [2.75, 3.05) is 5.32 Å². The lowest BCUT2D eigenvalue weighted by Gasteiger charge is -2.07. The second kappa shape index (κ2) is 5.46. The van der Waals surface area contributed by atoms with Gasteiger partial charge in [0.15, 0.2) is 0 Å². The third-order valence-electron chi connectivity index (χ3n) is 3.30. The van der Waals surface area contributed by atoms with E-state index in [9.17, 15) is 10.1 Å². The van der Waals surface area contributed by atoms with Crippen molar-refractivity contribution in [2.45, 2.75) is 6.54 Å². The van der Waals surface area contributed by atoms with E-state index in [1.54, 1.807) is 6.07 Å². The first kappa shape index (κ1) is 13.5. The van der Waals surface area contributed by atoms with Gasteiger partial charge in [-0.3, -0.25) is 10.1 Å². The number of nitrogens with zero attached hydrogens (tertiary/aromatic N) is 1. The fraction of sp³-hybridized carbons (Fsp3) is 0.0667. The lowest BCUT2D eigenvalue weighted by molar-refractivity contribution is -0.384. The molecule has 0 radical (unpaired) electrons. The highest BCUT2D eigenvalue weighted by Crippen LogP contribution is 2.28. The van der Waals surface area contributed by atoms with Crippen molar-refractivity contribution in [3.05, 3.63) is 69.4 Å². The minimum Gasteiger partial charge on any atom is -0.375 e. The Morgan fingerprint density at radius 2 is 2.05 bits per heavy atom. The topological polar surface area (TPSA) is 71.0 Å². The highest BCUT2D eigenvalue weighted by molar-refractivity contribution is 6.31. The molecule has 3 rings (SSSR count). The van der Waals surface area contributed by atoms with E-state index in [0.717, 1.165) is 16.5 Å². The lowest BCUT2D eigenvalue weighted by atomic mass is 10.1. The number of aromatic nitrogens is 1. The molecule has 6 heteroatoms. The van der Waals surface area contributed by atoms with Gasteiger partial charge in [-0.2, -0.15) is 0 Å². The van der Waals surface area contributed by atoms with E-state index >= 15 is 0 Å². The number of H-pyrrole nitrogens is 1. The van der Waals surface area contributed by atoms with E-state index in [2.05, 4.69) is 10.3 Å². The van der Waals surface area contributed by atoms with Crippen molar-refractivity contribution in [3.63, 3.8) is 0 Å². The second-order valence-electron chi connectivity index (χ2n) is 4.63. The number of hydrogen-bond acceptors (Lipinski definition) is 3.